The number of benzene rings is 1. The molecule has 33 heavy (non-hydrogen) atoms. The van der Waals surface area contributed by atoms with Gasteiger partial charge in [0.25, 0.3) is 5.91 Å². The van der Waals surface area contributed by atoms with Crippen LogP contribution in [0.1, 0.15) is 51.9 Å². The van der Waals surface area contributed by atoms with Crippen molar-refractivity contribution < 1.29 is 9.18 Å². The molecule has 0 radical (unpaired) electrons. The molecule has 1 fully saturated rings. The zero-order valence-electron chi connectivity index (χ0n) is 18.2. The summed E-state index contributed by atoms with van der Waals surface area (Å²) >= 11 is 0. The summed E-state index contributed by atoms with van der Waals surface area (Å²) in [7, 11) is 0. The van der Waals surface area contributed by atoms with Crippen LogP contribution in [0.25, 0.3) is 11.5 Å². The van der Waals surface area contributed by atoms with Crippen molar-refractivity contribution in [1.29, 1.82) is 0 Å². The summed E-state index contributed by atoms with van der Waals surface area (Å²) < 4.78 is 13.1. The van der Waals surface area contributed by atoms with Crippen LogP contribution in [0.15, 0.2) is 61.2 Å². The molecule has 0 aliphatic carbocycles. The maximum atomic E-state index is 13.3. The number of amides is 1. The zero-order valence-corrected chi connectivity index (χ0v) is 18.2. The minimum Gasteiger partial charge on any atom is -0.341 e. The number of aromatic nitrogens is 5. The second-order valence-corrected chi connectivity index (χ2v) is 8.24. The Bertz CT molecular complexity index is 1270. The molecule has 1 aliphatic rings. The van der Waals surface area contributed by atoms with E-state index in [9.17, 15) is 9.18 Å². The van der Waals surface area contributed by atoms with Gasteiger partial charge in [0, 0.05) is 36.7 Å². The topological polar surface area (TPSA) is 87.7 Å². The van der Waals surface area contributed by atoms with Gasteiger partial charge in [-0.3, -0.25) is 14.8 Å². The van der Waals surface area contributed by atoms with Crippen LogP contribution in [-0.2, 0) is 6.42 Å². The summed E-state index contributed by atoms with van der Waals surface area (Å²) in [6.07, 6.45) is 9.07. The molecule has 1 saturated heterocycles. The fourth-order valence-electron chi connectivity index (χ4n) is 4.15. The lowest BCUT2D eigenvalue weighted by Crippen LogP contribution is -2.31. The third-order valence-corrected chi connectivity index (χ3v) is 5.82. The maximum Gasteiger partial charge on any atom is 0.255 e. The number of H-pyrrole nitrogens is 1. The second kappa shape index (κ2) is 8.90. The van der Waals surface area contributed by atoms with Gasteiger partial charge >= 0.3 is 0 Å². The summed E-state index contributed by atoms with van der Waals surface area (Å²) in [6.45, 7) is 2.59. The van der Waals surface area contributed by atoms with Gasteiger partial charge in [-0.05, 0) is 49.6 Å². The van der Waals surface area contributed by atoms with Crippen molar-refractivity contribution >= 4 is 5.91 Å². The molecule has 3 aromatic heterocycles. The van der Waals surface area contributed by atoms with E-state index in [4.69, 9.17) is 4.98 Å². The number of imidazole rings is 1. The van der Waals surface area contributed by atoms with Crippen LogP contribution >= 0.6 is 0 Å². The van der Waals surface area contributed by atoms with Crippen molar-refractivity contribution in [3.63, 3.8) is 0 Å². The molecule has 0 saturated carbocycles. The molecule has 1 N–H and O–H groups in total. The van der Waals surface area contributed by atoms with Gasteiger partial charge in [0.1, 0.15) is 11.5 Å². The first-order valence-corrected chi connectivity index (χ1v) is 10.9. The summed E-state index contributed by atoms with van der Waals surface area (Å²) in [5.74, 6) is 0.334. The van der Waals surface area contributed by atoms with Gasteiger partial charge in [0.2, 0.25) is 0 Å². The molecule has 4 heterocycles. The first-order valence-electron chi connectivity index (χ1n) is 10.9. The van der Waals surface area contributed by atoms with Crippen LogP contribution in [0.3, 0.4) is 0 Å². The minimum atomic E-state index is -0.262. The summed E-state index contributed by atoms with van der Waals surface area (Å²) in [5, 5.41) is 0. The molecule has 7 nitrogen and oxygen atoms in total. The molecule has 8 heteroatoms. The Hall–Kier alpha value is -3.94. The van der Waals surface area contributed by atoms with Gasteiger partial charge in [-0.25, -0.2) is 14.4 Å². The predicted octanol–water partition coefficient (Wildman–Crippen LogP) is 4.28. The standard InChI is InChI=1S/C25H23FN6O/c1-16-12-29-24(30-16)22-15-27-14-21(31-22)23-3-2-10-32(23)25(33)18-6-9-20(28-13-18)11-17-4-7-19(26)8-5-17/h4-9,12-15,23H,2-3,10-11H2,1H3,(H,29,30). The molecule has 0 bridgehead atoms. The largest absolute Gasteiger partial charge is 0.341 e. The summed E-state index contributed by atoms with van der Waals surface area (Å²) in [5.41, 5.74) is 4.69. The number of carbonyl (C=O) groups excluding carboxylic acids is 1. The van der Waals surface area contributed by atoms with Crippen molar-refractivity contribution in [2.75, 3.05) is 6.54 Å². The quantitative estimate of drug-likeness (QED) is 0.499. The fourth-order valence-corrected chi connectivity index (χ4v) is 4.15. The number of pyridine rings is 1. The average Bonchev–Trinajstić information content (AvgIpc) is 3.50. The molecular formula is C25H23FN6O. The molecule has 1 aliphatic heterocycles. The first kappa shape index (κ1) is 20.9. The van der Waals surface area contributed by atoms with Crippen LogP contribution in [0.4, 0.5) is 4.39 Å². The Morgan fingerprint density at radius 2 is 1.94 bits per heavy atom. The van der Waals surface area contributed by atoms with Crippen LogP contribution in [0, 0.1) is 12.7 Å². The molecule has 1 unspecified atom stereocenters. The van der Waals surface area contributed by atoms with Crippen molar-refractivity contribution in [3.05, 3.63) is 95.2 Å². The Morgan fingerprint density at radius 1 is 1.09 bits per heavy atom. The number of likely N-dealkylation sites (tertiary alicyclic amines) is 1. The molecule has 1 amide bonds. The van der Waals surface area contributed by atoms with E-state index in [1.807, 2.05) is 17.9 Å². The Morgan fingerprint density at radius 3 is 2.67 bits per heavy atom. The van der Waals surface area contributed by atoms with Crippen molar-refractivity contribution in [2.45, 2.75) is 32.2 Å². The lowest BCUT2D eigenvalue weighted by atomic mass is 10.1. The number of hydrogen-bond donors (Lipinski definition) is 1. The van der Waals surface area contributed by atoms with Crippen LogP contribution < -0.4 is 0 Å². The van der Waals surface area contributed by atoms with Crippen molar-refractivity contribution in [1.82, 2.24) is 29.8 Å². The maximum absolute atomic E-state index is 13.3. The monoisotopic (exact) mass is 442 g/mol. The predicted molar refractivity (Wildman–Crippen MR) is 121 cm³/mol. The zero-order chi connectivity index (χ0) is 22.8. The van der Waals surface area contributed by atoms with E-state index in [-0.39, 0.29) is 17.8 Å². The minimum absolute atomic E-state index is 0.0700. The van der Waals surface area contributed by atoms with Gasteiger partial charge in [-0.1, -0.05) is 12.1 Å². The second-order valence-electron chi connectivity index (χ2n) is 8.24. The molecule has 0 spiro atoms. The highest BCUT2D eigenvalue weighted by atomic mass is 19.1. The fraction of sp³-hybridized carbons (Fsp3) is 0.240. The van der Waals surface area contributed by atoms with E-state index in [0.717, 1.165) is 35.5 Å². The first-order chi connectivity index (χ1) is 16.1. The Balaban J connectivity index is 1.32. The lowest BCUT2D eigenvalue weighted by molar-refractivity contribution is 0.0732. The molecule has 1 aromatic carbocycles. The van der Waals surface area contributed by atoms with E-state index in [1.165, 1.54) is 12.1 Å². The Kier molecular flexibility index (Phi) is 5.64. The third-order valence-electron chi connectivity index (χ3n) is 5.82. The van der Waals surface area contributed by atoms with E-state index in [0.29, 0.717) is 30.0 Å². The van der Waals surface area contributed by atoms with E-state index < -0.39 is 0 Å². The third kappa shape index (κ3) is 4.50. The number of rotatable bonds is 5. The number of aryl methyl sites for hydroxylation is 1. The normalized spacial score (nSPS) is 15.7. The van der Waals surface area contributed by atoms with E-state index >= 15 is 0 Å². The van der Waals surface area contributed by atoms with Gasteiger partial charge in [0.05, 0.1) is 29.7 Å². The lowest BCUT2D eigenvalue weighted by Gasteiger charge is -2.24. The number of carbonyl (C=O) groups is 1. The number of nitrogens with one attached hydrogen (secondary N) is 1. The van der Waals surface area contributed by atoms with Gasteiger partial charge in [-0.15, -0.1) is 0 Å². The Labute approximate surface area is 190 Å². The highest BCUT2D eigenvalue weighted by molar-refractivity contribution is 5.94. The number of nitrogens with zero attached hydrogens (tertiary/aromatic N) is 5. The molecule has 5 rings (SSSR count). The number of hydrogen-bond acceptors (Lipinski definition) is 5. The SMILES string of the molecule is Cc1cnc(-c2cncc(C3CCCN3C(=O)c3ccc(Cc4ccc(F)cc4)nc3)n2)[nH]1. The highest BCUT2D eigenvalue weighted by Crippen LogP contribution is 2.32. The van der Waals surface area contributed by atoms with Crippen LogP contribution in [0.5, 0.6) is 0 Å². The number of aromatic amines is 1. The summed E-state index contributed by atoms with van der Waals surface area (Å²) in [6, 6.07) is 9.87. The van der Waals surface area contributed by atoms with Crippen molar-refractivity contribution in [3.8, 4) is 11.5 Å². The van der Waals surface area contributed by atoms with Gasteiger partial charge < -0.3 is 9.88 Å². The molecule has 166 valence electrons. The smallest absolute Gasteiger partial charge is 0.255 e. The van der Waals surface area contributed by atoms with E-state index in [2.05, 4.69) is 19.9 Å². The molecule has 1 atom stereocenters. The number of halogens is 1. The summed E-state index contributed by atoms with van der Waals surface area (Å²) in [4.78, 5) is 36.2. The highest BCUT2D eigenvalue weighted by Gasteiger charge is 2.32. The molecule has 4 aromatic rings. The van der Waals surface area contributed by atoms with Gasteiger partial charge in [0.15, 0.2) is 5.82 Å². The van der Waals surface area contributed by atoms with Crippen LogP contribution in [0.2, 0.25) is 0 Å². The molecular weight excluding hydrogens is 419 g/mol. The van der Waals surface area contributed by atoms with Gasteiger partial charge in [-0.2, -0.15) is 0 Å². The van der Waals surface area contributed by atoms with E-state index in [1.54, 1.807) is 43.0 Å². The average molecular weight is 442 g/mol. The van der Waals surface area contributed by atoms with Crippen LogP contribution in [-0.4, -0.2) is 42.3 Å². The van der Waals surface area contributed by atoms with Crippen molar-refractivity contribution in [2.24, 2.45) is 0 Å².